The number of hydrogen-bond donors (Lipinski definition) is 0. The molecule has 0 saturated carbocycles. The molecule has 0 N–H and O–H groups in total. The van der Waals surface area contributed by atoms with E-state index in [0.29, 0.717) is 0 Å². The standard InChI is InChI=1S/C19H31ClOS/c1-3-4-5-6-7-8-9-10-11-12-15-21-18-14-13-17(20)16-19(18)22-2/h13-14,16H,3-12,15H2,1-2H3. The van der Waals surface area contributed by atoms with Crippen molar-refractivity contribution >= 4 is 23.4 Å². The molecule has 0 aliphatic heterocycles. The van der Waals surface area contributed by atoms with Gasteiger partial charge in [-0.05, 0) is 30.9 Å². The van der Waals surface area contributed by atoms with E-state index in [0.717, 1.165) is 28.7 Å². The van der Waals surface area contributed by atoms with Gasteiger partial charge < -0.3 is 4.74 Å². The highest BCUT2D eigenvalue weighted by Gasteiger charge is 2.03. The lowest BCUT2D eigenvalue weighted by atomic mass is 10.1. The summed E-state index contributed by atoms with van der Waals surface area (Å²) in [5, 5.41) is 0.774. The summed E-state index contributed by atoms with van der Waals surface area (Å²) in [6.45, 7) is 3.08. The third kappa shape index (κ3) is 8.95. The molecule has 0 aromatic heterocycles. The molecule has 22 heavy (non-hydrogen) atoms. The maximum absolute atomic E-state index is 6.00. The lowest BCUT2D eigenvalue weighted by Gasteiger charge is -2.10. The van der Waals surface area contributed by atoms with Gasteiger partial charge in [0.2, 0.25) is 0 Å². The molecule has 0 heterocycles. The first-order valence-corrected chi connectivity index (χ1v) is 10.3. The molecule has 0 radical (unpaired) electrons. The van der Waals surface area contributed by atoms with Crippen LogP contribution in [0, 0.1) is 0 Å². The van der Waals surface area contributed by atoms with Crippen LogP contribution in [0.15, 0.2) is 23.1 Å². The molecule has 0 saturated heterocycles. The van der Waals surface area contributed by atoms with Crippen LogP contribution in [-0.2, 0) is 0 Å². The number of thioether (sulfide) groups is 1. The van der Waals surface area contributed by atoms with Crippen molar-refractivity contribution in [1.82, 2.24) is 0 Å². The zero-order valence-corrected chi connectivity index (χ0v) is 15.8. The molecule has 0 aliphatic carbocycles. The average Bonchev–Trinajstić information content (AvgIpc) is 2.53. The van der Waals surface area contributed by atoms with Gasteiger partial charge in [-0.1, -0.05) is 76.3 Å². The molecule has 0 fully saturated rings. The quantitative estimate of drug-likeness (QED) is 0.273. The third-order valence-corrected chi connectivity index (χ3v) is 4.88. The average molecular weight is 343 g/mol. The van der Waals surface area contributed by atoms with E-state index in [4.69, 9.17) is 16.3 Å². The molecule has 0 spiro atoms. The largest absolute Gasteiger partial charge is 0.492 e. The molecule has 0 amide bonds. The van der Waals surface area contributed by atoms with Crippen LogP contribution in [0.5, 0.6) is 5.75 Å². The van der Waals surface area contributed by atoms with Crippen molar-refractivity contribution in [3.63, 3.8) is 0 Å². The Kier molecular flexibility index (Phi) is 11.8. The Morgan fingerprint density at radius 1 is 0.909 bits per heavy atom. The molecule has 0 bridgehead atoms. The first-order chi connectivity index (χ1) is 10.8. The highest BCUT2D eigenvalue weighted by molar-refractivity contribution is 7.98. The second-order valence-electron chi connectivity index (χ2n) is 5.83. The molecule has 3 heteroatoms. The summed E-state index contributed by atoms with van der Waals surface area (Å²) in [6.07, 6.45) is 15.6. The fourth-order valence-electron chi connectivity index (χ4n) is 2.53. The zero-order chi connectivity index (χ0) is 16.0. The lowest BCUT2D eigenvalue weighted by Crippen LogP contribution is -1.98. The third-order valence-electron chi connectivity index (χ3n) is 3.88. The van der Waals surface area contributed by atoms with E-state index in [1.54, 1.807) is 11.8 Å². The van der Waals surface area contributed by atoms with E-state index in [9.17, 15) is 0 Å². The van der Waals surface area contributed by atoms with Crippen molar-refractivity contribution in [2.45, 2.75) is 76.0 Å². The Labute approximate surface area is 146 Å². The summed E-state index contributed by atoms with van der Waals surface area (Å²) in [7, 11) is 0. The number of unbranched alkanes of at least 4 members (excludes halogenated alkanes) is 9. The minimum atomic E-state index is 0.774. The Hall–Kier alpha value is -0.340. The zero-order valence-electron chi connectivity index (χ0n) is 14.2. The highest BCUT2D eigenvalue weighted by Crippen LogP contribution is 2.30. The first kappa shape index (κ1) is 19.7. The Morgan fingerprint density at radius 2 is 1.50 bits per heavy atom. The predicted molar refractivity (Wildman–Crippen MR) is 101 cm³/mol. The highest BCUT2D eigenvalue weighted by atomic mass is 35.5. The SMILES string of the molecule is CCCCCCCCCCCCOc1ccc(Cl)cc1SC. The van der Waals surface area contributed by atoms with Gasteiger partial charge in [-0.2, -0.15) is 0 Å². The molecule has 1 nitrogen and oxygen atoms in total. The van der Waals surface area contributed by atoms with Crippen molar-refractivity contribution < 1.29 is 4.74 Å². The molecule has 0 atom stereocenters. The first-order valence-electron chi connectivity index (χ1n) is 8.74. The summed E-state index contributed by atoms with van der Waals surface area (Å²) in [6, 6.07) is 5.85. The number of rotatable bonds is 13. The fraction of sp³-hybridized carbons (Fsp3) is 0.684. The van der Waals surface area contributed by atoms with Crippen molar-refractivity contribution in [1.29, 1.82) is 0 Å². The van der Waals surface area contributed by atoms with Crippen LogP contribution in [0.4, 0.5) is 0 Å². The van der Waals surface area contributed by atoms with Crippen molar-refractivity contribution in [2.24, 2.45) is 0 Å². The number of benzene rings is 1. The maximum Gasteiger partial charge on any atom is 0.132 e. The number of halogens is 1. The predicted octanol–water partition coefficient (Wildman–Crippen LogP) is 7.36. The van der Waals surface area contributed by atoms with Crippen LogP contribution in [0.25, 0.3) is 0 Å². The van der Waals surface area contributed by atoms with Crippen LogP contribution in [0.2, 0.25) is 5.02 Å². The van der Waals surface area contributed by atoms with Gasteiger partial charge in [0.25, 0.3) is 0 Å². The lowest BCUT2D eigenvalue weighted by molar-refractivity contribution is 0.297. The maximum atomic E-state index is 6.00. The molecule has 0 unspecified atom stereocenters. The van der Waals surface area contributed by atoms with Crippen molar-refractivity contribution in [2.75, 3.05) is 12.9 Å². The van der Waals surface area contributed by atoms with E-state index in [1.807, 2.05) is 18.2 Å². The Bertz CT molecular complexity index is 395. The molecule has 0 aliphatic rings. The van der Waals surface area contributed by atoms with Gasteiger partial charge in [0.05, 0.1) is 11.5 Å². The van der Waals surface area contributed by atoms with Crippen LogP contribution in [0.3, 0.4) is 0 Å². The van der Waals surface area contributed by atoms with E-state index in [1.165, 1.54) is 57.8 Å². The molecule has 1 rings (SSSR count). The normalized spacial score (nSPS) is 10.9. The summed E-state index contributed by atoms with van der Waals surface area (Å²) in [4.78, 5) is 1.12. The van der Waals surface area contributed by atoms with Gasteiger partial charge in [-0.15, -0.1) is 11.8 Å². The number of hydrogen-bond acceptors (Lipinski definition) is 2. The minimum Gasteiger partial charge on any atom is -0.492 e. The Balaban J connectivity index is 1.99. The van der Waals surface area contributed by atoms with Crippen LogP contribution in [-0.4, -0.2) is 12.9 Å². The summed E-state index contributed by atoms with van der Waals surface area (Å²) < 4.78 is 5.88. The van der Waals surface area contributed by atoms with Gasteiger partial charge >= 0.3 is 0 Å². The van der Waals surface area contributed by atoms with E-state index in [-0.39, 0.29) is 0 Å². The van der Waals surface area contributed by atoms with Crippen LogP contribution in [0.1, 0.15) is 71.1 Å². The van der Waals surface area contributed by atoms with Crippen molar-refractivity contribution in [3.05, 3.63) is 23.2 Å². The monoisotopic (exact) mass is 342 g/mol. The van der Waals surface area contributed by atoms with Gasteiger partial charge in [0.15, 0.2) is 0 Å². The molecular formula is C19H31ClOS. The van der Waals surface area contributed by atoms with Crippen molar-refractivity contribution in [3.8, 4) is 5.75 Å². The van der Waals surface area contributed by atoms with Gasteiger partial charge in [0, 0.05) is 5.02 Å². The molecule has 126 valence electrons. The Morgan fingerprint density at radius 3 is 2.09 bits per heavy atom. The summed E-state index contributed by atoms with van der Waals surface area (Å²) in [5.41, 5.74) is 0. The second-order valence-corrected chi connectivity index (χ2v) is 7.11. The second kappa shape index (κ2) is 13.1. The van der Waals surface area contributed by atoms with E-state index in [2.05, 4.69) is 13.2 Å². The topological polar surface area (TPSA) is 9.23 Å². The van der Waals surface area contributed by atoms with E-state index < -0.39 is 0 Å². The molecular weight excluding hydrogens is 312 g/mol. The molecule has 1 aromatic rings. The fourth-order valence-corrected chi connectivity index (χ4v) is 3.34. The minimum absolute atomic E-state index is 0.774. The van der Waals surface area contributed by atoms with Gasteiger partial charge in [-0.25, -0.2) is 0 Å². The summed E-state index contributed by atoms with van der Waals surface area (Å²) in [5.74, 6) is 0.966. The van der Waals surface area contributed by atoms with Crippen LogP contribution >= 0.6 is 23.4 Å². The van der Waals surface area contributed by atoms with Gasteiger partial charge in [0.1, 0.15) is 5.75 Å². The van der Waals surface area contributed by atoms with Crippen LogP contribution < -0.4 is 4.74 Å². The smallest absolute Gasteiger partial charge is 0.132 e. The number of ether oxygens (including phenoxy) is 1. The summed E-state index contributed by atoms with van der Waals surface area (Å²) >= 11 is 7.68. The van der Waals surface area contributed by atoms with E-state index >= 15 is 0 Å². The van der Waals surface area contributed by atoms with Gasteiger partial charge in [-0.3, -0.25) is 0 Å². The molecule has 1 aromatic carbocycles.